The largest absolute Gasteiger partial charge is 0.573 e. The van der Waals surface area contributed by atoms with Crippen molar-refractivity contribution in [1.29, 1.82) is 0 Å². The van der Waals surface area contributed by atoms with E-state index in [0.717, 1.165) is 12.8 Å². The van der Waals surface area contributed by atoms with Crippen LogP contribution in [0.1, 0.15) is 26.2 Å². The highest BCUT2D eigenvalue weighted by molar-refractivity contribution is 6.33. The molecular weight excluding hydrogens is 461 g/mol. The second-order valence-corrected chi connectivity index (χ2v) is 7.80. The number of alkyl halides is 3. The number of ether oxygens (including phenoxy) is 1. The van der Waals surface area contributed by atoms with Gasteiger partial charge in [0.05, 0.1) is 17.3 Å². The third-order valence-electron chi connectivity index (χ3n) is 4.94. The Morgan fingerprint density at radius 3 is 2.64 bits per heavy atom. The fraction of sp³-hybridized carbons (Fsp3) is 0.364. The van der Waals surface area contributed by atoms with Gasteiger partial charge in [0.15, 0.2) is 0 Å². The Labute approximate surface area is 193 Å². The first kappa shape index (κ1) is 24.5. The van der Waals surface area contributed by atoms with Crippen LogP contribution in [-0.4, -0.2) is 42.3 Å². The molecule has 1 heterocycles. The molecule has 1 atom stereocenters. The van der Waals surface area contributed by atoms with Gasteiger partial charge in [-0.3, -0.25) is 9.59 Å². The van der Waals surface area contributed by atoms with Crippen LogP contribution in [0.25, 0.3) is 11.1 Å². The molecule has 1 N–H and O–H groups in total. The number of carbonyl (C=O) groups is 2. The number of para-hydroxylation sites is 1. The summed E-state index contributed by atoms with van der Waals surface area (Å²) >= 11 is 6.34. The zero-order chi connectivity index (χ0) is 24.0. The molecule has 11 heteroatoms. The lowest BCUT2D eigenvalue weighted by Crippen LogP contribution is -2.46. The van der Waals surface area contributed by atoms with Gasteiger partial charge >= 0.3 is 6.36 Å². The number of benzene rings is 2. The summed E-state index contributed by atoms with van der Waals surface area (Å²) < 4.78 is 42.3. The summed E-state index contributed by atoms with van der Waals surface area (Å²) in [5.74, 6) is -0.907. The average molecular weight is 483 g/mol. The lowest BCUT2D eigenvalue weighted by Gasteiger charge is -2.32. The number of carbonyl (C=O) groups excluding carboxylic acids is 2. The SMILES string of the molecule is CC(=O)NCC(=O)N1CCCCC1N=Nc1ccc(-c2ccccc2OC(F)(F)F)c(Cl)c1. The number of halogens is 4. The number of rotatable bonds is 6. The summed E-state index contributed by atoms with van der Waals surface area (Å²) in [4.78, 5) is 25.1. The molecule has 2 amide bonds. The minimum Gasteiger partial charge on any atom is -0.405 e. The summed E-state index contributed by atoms with van der Waals surface area (Å²) in [5.41, 5.74) is 0.920. The zero-order valence-corrected chi connectivity index (χ0v) is 18.5. The maximum Gasteiger partial charge on any atom is 0.573 e. The van der Waals surface area contributed by atoms with E-state index in [1.54, 1.807) is 17.0 Å². The van der Waals surface area contributed by atoms with Crippen molar-refractivity contribution in [3.05, 3.63) is 47.5 Å². The summed E-state index contributed by atoms with van der Waals surface area (Å²) in [6.07, 6.45) is -2.97. The van der Waals surface area contributed by atoms with E-state index in [1.807, 2.05) is 0 Å². The van der Waals surface area contributed by atoms with Crippen molar-refractivity contribution in [3.8, 4) is 16.9 Å². The Hall–Kier alpha value is -3.14. The summed E-state index contributed by atoms with van der Waals surface area (Å²) in [7, 11) is 0. The third kappa shape index (κ3) is 6.92. The maximum absolute atomic E-state index is 12.7. The molecule has 0 radical (unpaired) electrons. The second-order valence-electron chi connectivity index (χ2n) is 7.40. The average Bonchev–Trinajstić information content (AvgIpc) is 2.76. The molecule has 0 bridgehead atoms. The molecule has 1 unspecified atom stereocenters. The highest BCUT2D eigenvalue weighted by atomic mass is 35.5. The van der Waals surface area contributed by atoms with Crippen LogP contribution in [0.2, 0.25) is 5.02 Å². The molecule has 2 aromatic rings. The second kappa shape index (κ2) is 10.7. The van der Waals surface area contributed by atoms with Gasteiger partial charge in [0.1, 0.15) is 11.9 Å². The van der Waals surface area contributed by atoms with Gasteiger partial charge in [0.25, 0.3) is 0 Å². The van der Waals surface area contributed by atoms with Crippen LogP contribution in [0.15, 0.2) is 52.7 Å². The van der Waals surface area contributed by atoms with Crippen molar-refractivity contribution in [2.45, 2.75) is 38.7 Å². The van der Waals surface area contributed by atoms with Crippen molar-refractivity contribution in [2.24, 2.45) is 10.2 Å². The van der Waals surface area contributed by atoms with Gasteiger partial charge in [-0.05, 0) is 37.5 Å². The van der Waals surface area contributed by atoms with Crippen molar-refractivity contribution in [2.75, 3.05) is 13.1 Å². The van der Waals surface area contributed by atoms with Gasteiger partial charge in [0, 0.05) is 24.6 Å². The number of hydrogen-bond acceptors (Lipinski definition) is 5. The number of nitrogens with zero attached hydrogens (tertiary/aromatic N) is 3. The highest BCUT2D eigenvalue weighted by Gasteiger charge is 2.32. The Kier molecular flexibility index (Phi) is 7.91. The minimum atomic E-state index is -4.83. The molecule has 33 heavy (non-hydrogen) atoms. The van der Waals surface area contributed by atoms with E-state index in [-0.39, 0.29) is 34.7 Å². The molecule has 1 aliphatic rings. The van der Waals surface area contributed by atoms with Crippen LogP contribution < -0.4 is 10.1 Å². The van der Waals surface area contributed by atoms with Crippen LogP contribution in [0.4, 0.5) is 18.9 Å². The van der Waals surface area contributed by atoms with Gasteiger partial charge in [-0.2, -0.15) is 10.2 Å². The number of amides is 2. The molecular formula is C22H22ClF3N4O3. The smallest absolute Gasteiger partial charge is 0.405 e. The summed E-state index contributed by atoms with van der Waals surface area (Å²) in [6.45, 7) is 1.74. The van der Waals surface area contributed by atoms with Gasteiger partial charge in [-0.15, -0.1) is 13.2 Å². The van der Waals surface area contributed by atoms with Crippen LogP contribution in [0.5, 0.6) is 5.75 Å². The van der Waals surface area contributed by atoms with E-state index in [1.165, 1.54) is 37.3 Å². The lowest BCUT2D eigenvalue weighted by atomic mass is 10.0. The molecule has 0 saturated carbocycles. The molecule has 1 saturated heterocycles. The number of piperidine rings is 1. The molecule has 0 aromatic heterocycles. The van der Waals surface area contributed by atoms with Crippen molar-refractivity contribution < 1.29 is 27.5 Å². The number of nitrogens with one attached hydrogen (secondary N) is 1. The first-order valence-electron chi connectivity index (χ1n) is 10.2. The topological polar surface area (TPSA) is 83.4 Å². The predicted molar refractivity (Wildman–Crippen MR) is 116 cm³/mol. The number of azo groups is 1. The zero-order valence-electron chi connectivity index (χ0n) is 17.7. The molecule has 2 aromatic carbocycles. The number of hydrogen-bond donors (Lipinski definition) is 1. The predicted octanol–water partition coefficient (Wildman–Crippen LogP) is 5.46. The highest BCUT2D eigenvalue weighted by Crippen LogP contribution is 2.38. The Bertz CT molecular complexity index is 1050. The molecule has 176 valence electrons. The van der Waals surface area contributed by atoms with Crippen molar-refractivity contribution in [1.82, 2.24) is 10.2 Å². The lowest BCUT2D eigenvalue weighted by molar-refractivity contribution is -0.274. The van der Waals surface area contributed by atoms with E-state index >= 15 is 0 Å². The molecule has 3 rings (SSSR count). The van der Waals surface area contributed by atoms with Crippen LogP contribution in [0.3, 0.4) is 0 Å². The van der Waals surface area contributed by atoms with E-state index in [9.17, 15) is 22.8 Å². The van der Waals surface area contributed by atoms with Gasteiger partial charge in [-0.25, -0.2) is 0 Å². The van der Waals surface area contributed by atoms with Gasteiger partial charge in [-0.1, -0.05) is 35.9 Å². The molecule has 0 spiro atoms. The fourth-order valence-corrected chi connectivity index (χ4v) is 3.72. The van der Waals surface area contributed by atoms with Crippen molar-refractivity contribution in [3.63, 3.8) is 0 Å². The van der Waals surface area contributed by atoms with Crippen LogP contribution in [-0.2, 0) is 9.59 Å². The third-order valence-corrected chi connectivity index (χ3v) is 5.25. The Morgan fingerprint density at radius 1 is 1.18 bits per heavy atom. The van der Waals surface area contributed by atoms with Crippen molar-refractivity contribution >= 4 is 29.1 Å². The number of likely N-dealkylation sites (tertiary alicyclic amines) is 1. The first-order chi connectivity index (χ1) is 15.6. The molecule has 1 aliphatic heterocycles. The van der Waals surface area contributed by atoms with E-state index in [0.29, 0.717) is 24.2 Å². The fourth-order valence-electron chi connectivity index (χ4n) is 3.45. The van der Waals surface area contributed by atoms with Crippen LogP contribution in [0, 0.1) is 0 Å². The van der Waals surface area contributed by atoms with Gasteiger partial charge in [0.2, 0.25) is 11.8 Å². The molecule has 1 fully saturated rings. The normalized spacial score (nSPS) is 16.6. The monoisotopic (exact) mass is 482 g/mol. The Balaban J connectivity index is 1.78. The summed E-state index contributed by atoms with van der Waals surface area (Å²) in [6, 6.07) is 10.3. The summed E-state index contributed by atoms with van der Waals surface area (Å²) in [5, 5.41) is 11.1. The first-order valence-corrected chi connectivity index (χ1v) is 10.6. The quantitative estimate of drug-likeness (QED) is 0.554. The maximum atomic E-state index is 12.7. The van der Waals surface area contributed by atoms with E-state index in [4.69, 9.17) is 11.6 Å². The van der Waals surface area contributed by atoms with E-state index < -0.39 is 12.5 Å². The standard InChI is InChI=1S/C22H22ClF3N4O3/c1-14(31)27-13-21(32)30-11-5-4-8-20(30)29-28-15-9-10-16(18(23)12-15)17-6-2-3-7-19(17)33-22(24,25)26/h2-3,6-7,9-10,12,20H,4-5,8,11,13H2,1H3,(H,27,31). The van der Waals surface area contributed by atoms with E-state index in [2.05, 4.69) is 20.3 Å². The minimum absolute atomic E-state index is 0.110. The van der Waals surface area contributed by atoms with Gasteiger partial charge < -0.3 is 15.0 Å². The Morgan fingerprint density at radius 2 is 1.94 bits per heavy atom. The molecule has 7 nitrogen and oxygen atoms in total. The molecule has 0 aliphatic carbocycles. The van der Waals surface area contributed by atoms with Crippen LogP contribution >= 0.6 is 11.6 Å².